The molecule has 1 atom stereocenters. The molecular formula is C14H14N2O4. The summed E-state index contributed by atoms with van der Waals surface area (Å²) in [5, 5.41) is 2.18. The van der Waals surface area contributed by atoms with Crippen molar-refractivity contribution in [2.45, 2.75) is 6.42 Å². The van der Waals surface area contributed by atoms with Crippen molar-refractivity contribution in [1.29, 1.82) is 0 Å². The molecule has 1 unspecified atom stereocenters. The number of nitrogens with one attached hydrogen (secondary N) is 1. The minimum absolute atomic E-state index is 0.0667. The van der Waals surface area contributed by atoms with Crippen molar-refractivity contribution < 1.29 is 19.1 Å². The third-order valence-electron chi connectivity index (χ3n) is 3.49. The smallest absolute Gasteiger partial charge is 0.246 e. The fourth-order valence-electron chi connectivity index (χ4n) is 2.54. The van der Waals surface area contributed by atoms with Crippen LogP contribution < -0.4 is 10.1 Å². The topological polar surface area (TPSA) is 75.7 Å². The van der Waals surface area contributed by atoms with Gasteiger partial charge < -0.3 is 9.64 Å². The fourth-order valence-corrected chi connectivity index (χ4v) is 2.54. The molecule has 6 heteroatoms. The fraction of sp³-hybridized carbons (Fsp3) is 0.357. The van der Waals surface area contributed by atoms with Crippen LogP contribution in [0.25, 0.3) is 0 Å². The van der Waals surface area contributed by atoms with Crippen LogP contribution in [0.5, 0.6) is 5.75 Å². The van der Waals surface area contributed by atoms with E-state index >= 15 is 0 Å². The molecule has 20 heavy (non-hydrogen) atoms. The van der Waals surface area contributed by atoms with Crippen LogP contribution in [0.1, 0.15) is 5.56 Å². The van der Waals surface area contributed by atoms with Gasteiger partial charge in [0.15, 0.2) is 0 Å². The molecule has 1 fully saturated rings. The van der Waals surface area contributed by atoms with Gasteiger partial charge in [0.05, 0.1) is 5.92 Å². The first kappa shape index (κ1) is 12.7. The minimum Gasteiger partial charge on any atom is -0.492 e. The summed E-state index contributed by atoms with van der Waals surface area (Å²) in [6.45, 7) is 0.146. The Bertz CT molecular complexity index is 568. The van der Waals surface area contributed by atoms with Crippen LogP contribution in [-0.4, -0.2) is 42.3 Å². The lowest BCUT2D eigenvalue weighted by molar-refractivity contribution is -0.148. The van der Waals surface area contributed by atoms with Crippen molar-refractivity contribution in [1.82, 2.24) is 10.2 Å². The van der Waals surface area contributed by atoms with E-state index in [-0.39, 0.29) is 31.5 Å². The van der Waals surface area contributed by atoms with Crippen molar-refractivity contribution in [3.8, 4) is 5.75 Å². The monoisotopic (exact) mass is 274 g/mol. The number of amides is 3. The number of carbonyl (C=O) groups is 3. The highest BCUT2D eigenvalue weighted by atomic mass is 16.5. The van der Waals surface area contributed by atoms with Crippen LogP contribution in [0, 0.1) is 5.92 Å². The van der Waals surface area contributed by atoms with Gasteiger partial charge >= 0.3 is 0 Å². The van der Waals surface area contributed by atoms with Gasteiger partial charge in [-0.2, -0.15) is 0 Å². The predicted octanol–water partition coefficient (Wildman–Crippen LogP) is -0.277. The second-order valence-corrected chi connectivity index (χ2v) is 4.99. The maximum atomic E-state index is 12.4. The number of benzene rings is 1. The van der Waals surface area contributed by atoms with Gasteiger partial charge in [-0.15, -0.1) is 0 Å². The Morgan fingerprint density at radius 3 is 2.65 bits per heavy atom. The second kappa shape index (κ2) is 4.96. The molecular weight excluding hydrogens is 260 g/mol. The lowest BCUT2D eigenvalue weighted by Gasteiger charge is -2.31. The largest absolute Gasteiger partial charge is 0.492 e. The highest BCUT2D eigenvalue weighted by Crippen LogP contribution is 2.27. The molecule has 0 bridgehead atoms. The van der Waals surface area contributed by atoms with Crippen molar-refractivity contribution in [3.63, 3.8) is 0 Å². The van der Waals surface area contributed by atoms with Crippen LogP contribution in [-0.2, 0) is 20.8 Å². The van der Waals surface area contributed by atoms with Crippen molar-refractivity contribution >= 4 is 17.7 Å². The van der Waals surface area contributed by atoms with Crippen LogP contribution in [0.15, 0.2) is 24.3 Å². The zero-order valence-electron chi connectivity index (χ0n) is 10.8. The number of imide groups is 1. The molecule has 0 aliphatic carbocycles. The number of nitrogens with zero attached hydrogens (tertiary/aromatic N) is 1. The standard InChI is InChI=1S/C14H14N2O4/c17-12-6-16(7-13(18)15-12)14(19)10-5-9-3-1-2-4-11(9)20-8-10/h1-4,10H,5-8H2,(H,15,17,18). The summed E-state index contributed by atoms with van der Waals surface area (Å²) in [5.74, 6) is -0.631. The van der Waals surface area contributed by atoms with Gasteiger partial charge in [-0.1, -0.05) is 18.2 Å². The summed E-state index contributed by atoms with van der Waals surface area (Å²) in [4.78, 5) is 36.3. The maximum Gasteiger partial charge on any atom is 0.246 e. The van der Waals surface area contributed by atoms with E-state index in [2.05, 4.69) is 5.32 Å². The third kappa shape index (κ3) is 2.36. The van der Waals surface area contributed by atoms with Crippen molar-refractivity contribution in [3.05, 3.63) is 29.8 Å². The van der Waals surface area contributed by atoms with E-state index in [1.165, 1.54) is 4.90 Å². The molecule has 6 nitrogen and oxygen atoms in total. The van der Waals surface area contributed by atoms with Crippen LogP contribution in [0.4, 0.5) is 0 Å². The molecule has 2 heterocycles. The number of carbonyl (C=O) groups excluding carboxylic acids is 3. The average molecular weight is 274 g/mol. The molecule has 1 N–H and O–H groups in total. The first-order chi connectivity index (χ1) is 9.63. The Kier molecular flexibility index (Phi) is 3.14. The number of hydrogen-bond acceptors (Lipinski definition) is 4. The summed E-state index contributed by atoms with van der Waals surface area (Å²) in [5.41, 5.74) is 0.977. The van der Waals surface area contributed by atoms with Crippen LogP contribution in [0.2, 0.25) is 0 Å². The third-order valence-corrected chi connectivity index (χ3v) is 3.49. The quantitative estimate of drug-likeness (QED) is 0.715. The van der Waals surface area contributed by atoms with Gasteiger partial charge in [-0.25, -0.2) is 0 Å². The molecule has 0 saturated carbocycles. The summed E-state index contributed by atoms with van der Waals surface area (Å²) in [7, 11) is 0. The van der Waals surface area contributed by atoms with Gasteiger partial charge in [0.2, 0.25) is 17.7 Å². The molecule has 104 valence electrons. The van der Waals surface area contributed by atoms with E-state index in [9.17, 15) is 14.4 Å². The van der Waals surface area contributed by atoms with Gasteiger partial charge in [0.1, 0.15) is 25.4 Å². The Hall–Kier alpha value is -2.37. The molecule has 1 saturated heterocycles. The first-order valence-electron chi connectivity index (χ1n) is 6.45. The summed E-state index contributed by atoms with van der Waals surface area (Å²) >= 11 is 0. The van der Waals surface area contributed by atoms with E-state index in [4.69, 9.17) is 4.74 Å². The number of hydrogen-bond donors (Lipinski definition) is 1. The Morgan fingerprint density at radius 1 is 1.20 bits per heavy atom. The summed E-state index contributed by atoms with van der Waals surface area (Å²) in [6.07, 6.45) is 0.571. The van der Waals surface area contributed by atoms with E-state index < -0.39 is 11.8 Å². The average Bonchev–Trinajstić information content (AvgIpc) is 2.45. The van der Waals surface area contributed by atoms with Crippen molar-refractivity contribution in [2.24, 2.45) is 5.92 Å². The molecule has 1 aromatic carbocycles. The highest BCUT2D eigenvalue weighted by molar-refractivity contribution is 6.02. The van der Waals surface area contributed by atoms with E-state index in [1.54, 1.807) is 0 Å². The lowest BCUT2D eigenvalue weighted by Crippen LogP contribution is -2.55. The molecule has 0 radical (unpaired) electrons. The number of piperazine rings is 1. The maximum absolute atomic E-state index is 12.4. The number of ether oxygens (including phenoxy) is 1. The first-order valence-corrected chi connectivity index (χ1v) is 6.45. The molecule has 2 aliphatic rings. The molecule has 2 aliphatic heterocycles. The molecule has 1 aromatic rings. The number of para-hydroxylation sites is 1. The van der Waals surface area contributed by atoms with Crippen LogP contribution in [0.3, 0.4) is 0 Å². The minimum atomic E-state index is -0.438. The molecule has 0 aromatic heterocycles. The van der Waals surface area contributed by atoms with Gasteiger partial charge in [0.25, 0.3) is 0 Å². The Morgan fingerprint density at radius 2 is 1.90 bits per heavy atom. The van der Waals surface area contributed by atoms with E-state index in [0.29, 0.717) is 6.42 Å². The summed E-state index contributed by atoms with van der Waals surface area (Å²) in [6, 6.07) is 7.57. The predicted molar refractivity (Wildman–Crippen MR) is 68.9 cm³/mol. The Balaban J connectivity index is 1.73. The van der Waals surface area contributed by atoms with Gasteiger partial charge in [-0.3, -0.25) is 19.7 Å². The zero-order chi connectivity index (χ0) is 14.1. The number of rotatable bonds is 1. The van der Waals surface area contributed by atoms with E-state index in [1.807, 2.05) is 24.3 Å². The van der Waals surface area contributed by atoms with Gasteiger partial charge in [-0.05, 0) is 18.1 Å². The lowest BCUT2D eigenvalue weighted by atomic mass is 9.95. The summed E-state index contributed by atoms with van der Waals surface area (Å²) < 4.78 is 5.57. The SMILES string of the molecule is O=C1CN(C(=O)C2COc3ccccc3C2)CC(=O)N1. The van der Waals surface area contributed by atoms with Crippen molar-refractivity contribution in [2.75, 3.05) is 19.7 Å². The Labute approximate surface area is 115 Å². The molecule has 0 spiro atoms. The molecule has 3 rings (SSSR count). The second-order valence-electron chi connectivity index (χ2n) is 4.99. The zero-order valence-corrected chi connectivity index (χ0v) is 10.8. The molecule has 3 amide bonds. The van der Waals surface area contributed by atoms with Crippen LogP contribution >= 0.6 is 0 Å². The highest BCUT2D eigenvalue weighted by Gasteiger charge is 2.33. The number of fused-ring (bicyclic) bond motifs is 1. The normalized spacial score (nSPS) is 21.8. The van der Waals surface area contributed by atoms with Gasteiger partial charge in [0, 0.05) is 0 Å². The van der Waals surface area contributed by atoms with E-state index in [0.717, 1.165) is 11.3 Å².